The van der Waals surface area contributed by atoms with E-state index in [0.717, 1.165) is 0 Å². The van der Waals surface area contributed by atoms with Crippen molar-refractivity contribution in [2.45, 2.75) is 20.0 Å². The van der Waals surface area contributed by atoms with Crippen molar-refractivity contribution >= 4 is 14.8 Å². The summed E-state index contributed by atoms with van der Waals surface area (Å²) < 4.78 is 6.45. The summed E-state index contributed by atoms with van der Waals surface area (Å²) in [5, 5.41) is 0. The Labute approximate surface area is 63.6 Å². The van der Waals surface area contributed by atoms with E-state index in [0.29, 0.717) is 8.73 Å². The summed E-state index contributed by atoms with van der Waals surface area (Å²) >= 11 is 0. The van der Waals surface area contributed by atoms with Crippen molar-refractivity contribution in [1.29, 1.82) is 0 Å². The second-order valence-corrected chi connectivity index (χ2v) is 3.33. The smallest absolute Gasteiger partial charge is 0.412 e. The van der Waals surface area contributed by atoms with Gasteiger partial charge in [-0.15, -0.1) is 0 Å². The third kappa shape index (κ3) is 3.67. The maximum Gasteiger partial charge on any atom is 0.412 e. The van der Waals surface area contributed by atoms with Gasteiger partial charge in [0, 0.05) is 7.05 Å². The maximum atomic E-state index is 10.9. The Hall–Kier alpha value is -0.300. The zero-order chi connectivity index (χ0) is 8.15. The van der Waals surface area contributed by atoms with Crippen LogP contribution in [-0.2, 0) is 4.74 Å². The quantitative estimate of drug-likeness (QED) is 0.579. The van der Waals surface area contributed by atoms with Gasteiger partial charge in [-0.3, -0.25) is 4.67 Å². The molecule has 10 heavy (non-hydrogen) atoms. The second kappa shape index (κ2) is 4.51. The van der Waals surface area contributed by atoms with Gasteiger partial charge in [0.1, 0.15) is 0 Å². The van der Waals surface area contributed by atoms with Crippen LogP contribution in [0.1, 0.15) is 13.8 Å². The number of rotatable bonds is 2. The molecular formula is C6H14NO2P. The molecule has 0 aromatic rings. The summed E-state index contributed by atoms with van der Waals surface area (Å²) in [4.78, 5) is 10.9. The Balaban J connectivity index is 3.62. The Kier molecular flexibility index (Phi) is 4.37. The van der Waals surface area contributed by atoms with Crippen molar-refractivity contribution < 1.29 is 9.53 Å². The minimum Gasteiger partial charge on any atom is -0.447 e. The zero-order valence-electron chi connectivity index (χ0n) is 6.84. The van der Waals surface area contributed by atoms with Crippen molar-refractivity contribution in [2.75, 3.05) is 13.7 Å². The van der Waals surface area contributed by atoms with Crippen LogP contribution in [0, 0.1) is 0 Å². The molecule has 0 spiro atoms. The van der Waals surface area contributed by atoms with Crippen LogP contribution in [0.3, 0.4) is 0 Å². The Bertz CT molecular complexity index is 116. The largest absolute Gasteiger partial charge is 0.447 e. The lowest BCUT2D eigenvalue weighted by Crippen LogP contribution is -2.22. The van der Waals surface area contributed by atoms with Gasteiger partial charge in [-0.2, -0.15) is 0 Å². The third-order valence-corrected chi connectivity index (χ3v) is 1.80. The Morgan fingerprint density at radius 2 is 2.10 bits per heavy atom. The molecule has 1 unspecified atom stereocenters. The van der Waals surface area contributed by atoms with Crippen molar-refractivity contribution in [1.82, 2.24) is 4.67 Å². The summed E-state index contributed by atoms with van der Waals surface area (Å²) in [6.07, 6.45) is -0.262. The van der Waals surface area contributed by atoms with Gasteiger partial charge in [0.25, 0.3) is 0 Å². The highest BCUT2D eigenvalue weighted by atomic mass is 31.1. The predicted octanol–water partition coefficient (Wildman–Crippen LogP) is 1.69. The monoisotopic (exact) mass is 163 g/mol. The molecule has 0 aliphatic carbocycles. The highest BCUT2D eigenvalue weighted by Gasteiger charge is 2.08. The van der Waals surface area contributed by atoms with E-state index >= 15 is 0 Å². The van der Waals surface area contributed by atoms with Crippen LogP contribution in [0.5, 0.6) is 0 Å². The summed E-state index contributed by atoms with van der Waals surface area (Å²) in [6.45, 7) is 5.61. The van der Waals surface area contributed by atoms with Gasteiger partial charge < -0.3 is 4.74 Å². The fourth-order valence-electron chi connectivity index (χ4n) is 0.372. The van der Waals surface area contributed by atoms with E-state index in [4.69, 9.17) is 4.74 Å². The van der Waals surface area contributed by atoms with Gasteiger partial charge in [0.05, 0.1) is 6.10 Å². The van der Waals surface area contributed by atoms with Crippen LogP contribution in [0.25, 0.3) is 0 Å². The molecule has 3 nitrogen and oxygen atoms in total. The lowest BCUT2D eigenvalue weighted by molar-refractivity contribution is 0.103. The fourth-order valence-corrected chi connectivity index (χ4v) is 0.607. The highest BCUT2D eigenvalue weighted by Crippen LogP contribution is 2.10. The molecule has 0 aliphatic heterocycles. The Morgan fingerprint density at radius 3 is 2.40 bits per heavy atom. The average Bonchev–Trinajstić information content (AvgIpc) is 1.85. The van der Waals surface area contributed by atoms with Gasteiger partial charge in [-0.1, -0.05) is 0 Å². The molecule has 0 saturated heterocycles. The van der Waals surface area contributed by atoms with Crippen molar-refractivity contribution in [3.8, 4) is 0 Å². The molecule has 1 atom stereocenters. The number of nitrogens with zero attached hydrogens (tertiary/aromatic N) is 1. The summed E-state index contributed by atoms with van der Waals surface area (Å²) in [5.74, 6) is 0. The molecule has 0 bridgehead atoms. The molecule has 0 heterocycles. The number of ether oxygens (including phenoxy) is 1. The molecule has 1 amide bonds. The SMILES string of the molecule is CPN(C)C(=O)OC(C)C. The van der Waals surface area contributed by atoms with E-state index in [-0.39, 0.29) is 12.2 Å². The first-order valence-electron chi connectivity index (χ1n) is 3.19. The highest BCUT2D eigenvalue weighted by molar-refractivity contribution is 7.35. The van der Waals surface area contributed by atoms with E-state index in [9.17, 15) is 4.79 Å². The normalized spacial score (nSPS) is 10.9. The van der Waals surface area contributed by atoms with Gasteiger partial charge in [0.2, 0.25) is 0 Å². The van der Waals surface area contributed by atoms with Crippen LogP contribution in [0.15, 0.2) is 0 Å². The zero-order valence-corrected chi connectivity index (χ0v) is 7.84. The van der Waals surface area contributed by atoms with Gasteiger partial charge in [0.15, 0.2) is 0 Å². The lowest BCUT2D eigenvalue weighted by Gasteiger charge is -2.15. The van der Waals surface area contributed by atoms with E-state index in [1.54, 1.807) is 11.7 Å². The number of hydrogen-bond donors (Lipinski definition) is 0. The first kappa shape index (κ1) is 9.70. The number of amides is 1. The molecule has 0 saturated carbocycles. The molecule has 0 aromatic heterocycles. The fraction of sp³-hybridized carbons (Fsp3) is 0.833. The van der Waals surface area contributed by atoms with Crippen LogP contribution in [0.4, 0.5) is 4.79 Å². The third-order valence-electron chi connectivity index (χ3n) is 0.946. The predicted molar refractivity (Wildman–Crippen MR) is 43.6 cm³/mol. The standard InChI is InChI=1S/C6H14NO2P/c1-5(2)9-6(8)7(3)10-4/h5,10H,1-4H3. The van der Waals surface area contributed by atoms with E-state index in [2.05, 4.69) is 0 Å². The number of carbonyl (C=O) groups excluding carboxylic acids is 1. The molecule has 0 fully saturated rings. The van der Waals surface area contributed by atoms with Crippen LogP contribution in [0.2, 0.25) is 0 Å². The maximum absolute atomic E-state index is 10.9. The molecule has 0 aromatic carbocycles. The van der Waals surface area contributed by atoms with E-state index < -0.39 is 0 Å². The second-order valence-electron chi connectivity index (χ2n) is 2.22. The number of carbonyl (C=O) groups is 1. The molecular weight excluding hydrogens is 149 g/mol. The summed E-state index contributed by atoms with van der Waals surface area (Å²) in [5.41, 5.74) is 0. The molecule has 0 radical (unpaired) electrons. The van der Waals surface area contributed by atoms with Gasteiger partial charge in [-0.25, -0.2) is 4.79 Å². The average molecular weight is 163 g/mol. The van der Waals surface area contributed by atoms with Crippen LogP contribution < -0.4 is 0 Å². The van der Waals surface area contributed by atoms with Gasteiger partial charge >= 0.3 is 6.09 Å². The molecule has 0 N–H and O–H groups in total. The number of hydrogen-bond acceptors (Lipinski definition) is 2. The minimum atomic E-state index is -0.240. The first-order chi connectivity index (χ1) is 4.57. The van der Waals surface area contributed by atoms with Crippen molar-refractivity contribution in [3.63, 3.8) is 0 Å². The summed E-state index contributed by atoms with van der Waals surface area (Å²) in [7, 11) is 2.20. The van der Waals surface area contributed by atoms with E-state index in [1.165, 1.54) is 0 Å². The molecule has 0 rings (SSSR count). The first-order valence-corrected chi connectivity index (χ1v) is 4.64. The van der Waals surface area contributed by atoms with Crippen LogP contribution in [-0.4, -0.2) is 30.6 Å². The molecule has 4 heteroatoms. The van der Waals surface area contributed by atoms with Crippen molar-refractivity contribution in [3.05, 3.63) is 0 Å². The molecule has 60 valence electrons. The topological polar surface area (TPSA) is 29.5 Å². The Morgan fingerprint density at radius 1 is 1.60 bits per heavy atom. The molecule has 0 aliphatic rings. The minimum absolute atomic E-state index is 0.0219. The van der Waals surface area contributed by atoms with Crippen LogP contribution >= 0.6 is 8.73 Å². The lowest BCUT2D eigenvalue weighted by atomic mass is 10.5. The van der Waals surface area contributed by atoms with Gasteiger partial charge in [-0.05, 0) is 29.2 Å². The summed E-state index contributed by atoms with van der Waals surface area (Å²) in [6, 6.07) is 0. The van der Waals surface area contributed by atoms with E-state index in [1.807, 2.05) is 20.5 Å². The van der Waals surface area contributed by atoms with Crippen molar-refractivity contribution in [2.24, 2.45) is 0 Å².